The highest BCUT2D eigenvalue weighted by molar-refractivity contribution is 5.19. The Hall–Kier alpha value is -1.69. The average Bonchev–Trinajstić information content (AvgIpc) is 2.97. The number of aliphatic hydroxyl groups is 2. The van der Waals surface area contributed by atoms with Gasteiger partial charge in [-0.25, -0.2) is 0 Å². The van der Waals surface area contributed by atoms with Crippen LogP contribution in [0.5, 0.6) is 0 Å². The Morgan fingerprint density at radius 2 is 1.84 bits per heavy atom. The smallest absolute Gasteiger partial charge is 0.0607 e. The van der Waals surface area contributed by atoms with E-state index in [9.17, 15) is 10.2 Å². The van der Waals surface area contributed by atoms with E-state index in [2.05, 4.69) is 10.4 Å². The van der Waals surface area contributed by atoms with Gasteiger partial charge < -0.3 is 15.5 Å². The molecule has 0 radical (unpaired) electrons. The molecule has 5 heteroatoms. The van der Waals surface area contributed by atoms with Crippen molar-refractivity contribution in [1.29, 1.82) is 0 Å². The third-order valence-corrected chi connectivity index (χ3v) is 3.01. The zero-order valence-corrected chi connectivity index (χ0v) is 10.7. The van der Waals surface area contributed by atoms with Gasteiger partial charge in [-0.15, -0.1) is 0 Å². The van der Waals surface area contributed by atoms with E-state index in [1.165, 1.54) is 0 Å². The third-order valence-electron chi connectivity index (χ3n) is 3.01. The molecule has 0 aliphatic rings. The van der Waals surface area contributed by atoms with Gasteiger partial charge in [0.05, 0.1) is 31.8 Å². The molecule has 102 valence electrons. The van der Waals surface area contributed by atoms with Crippen molar-refractivity contribution in [3.8, 4) is 0 Å². The van der Waals surface area contributed by atoms with E-state index in [0.717, 1.165) is 5.56 Å². The molecule has 3 N–H and O–H groups in total. The summed E-state index contributed by atoms with van der Waals surface area (Å²) >= 11 is 0. The molecule has 1 atom stereocenters. The van der Waals surface area contributed by atoms with Crippen molar-refractivity contribution in [1.82, 2.24) is 15.1 Å². The Morgan fingerprint density at radius 1 is 1.11 bits per heavy atom. The van der Waals surface area contributed by atoms with E-state index in [1.54, 1.807) is 6.20 Å². The summed E-state index contributed by atoms with van der Waals surface area (Å²) in [6.07, 6.45) is 3.63. The number of rotatable bonds is 7. The molecule has 1 heterocycles. The summed E-state index contributed by atoms with van der Waals surface area (Å²) in [4.78, 5) is 0. The molecular weight excluding hydrogens is 242 g/mol. The predicted octanol–water partition coefficient (Wildman–Crippen LogP) is 0.567. The second-order valence-corrected chi connectivity index (χ2v) is 4.42. The Morgan fingerprint density at radius 3 is 2.42 bits per heavy atom. The first kappa shape index (κ1) is 13.7. The molecule has 0 spiro atoms. The molecule has 0 saturated carbocycles. The summed E-state index contributed by atoms with van der Waals surface area (Å²) in [6.45, 7) is 0.450. The lowest BCUT2D eigenvalue weighted by atomic mass is 10.1. The van der Waals surface area contributed by atoms with Gasteiger partial charge in [-0.1, -0.05) is 30.3 Å². The number of aromatic nitrogens is 2. The predicted molar refractivity (Wildman–Crippen MR) is 72.5 cm³/mol. The molecule has 2 aromatic rings. The second-order valence-electron chi connectivity index (χ2n) is 4.42. The first-order chi connectivity index (χ1) is 9.33. The molecule has 0 bridgehead atoms. The van der Waals surface area contributed by atoms with Gasteiger partial charge in [0.2, 0.25) is 0 Å². The van der Waals surface area contributed by atoms with Gasteiger partial charge in [0.1, 0.15) is 0 Å². The van der Waals surface area contributed by atoms with Crippen molar-refractivity contribution in [3.05, 3.63) is 54.4 Å². The topological polar surface area (TPSA) is 70.3 Å². The van der Waals surface area contributed by atoms with Crippen LogP contribution in [-0.2, 0) is 6.54 Å². The molecule has 5 nitrogen and oxygen atoms in total. The molecule has 1 aromatic carbocycles. The lowest BCUT2D eigenvalue weighted by Crippen LogP contribution is -2.40. The number of benzene rings is 1. The molecule has 2 rings (SSSR count). The number of aliphatic hydroxyl groups excluding tert-OH is 2. The van der Waals surface area contributed by atoms with Crippen molar-refractivity contribution >= 4 is 0 Å². The van der Waals surface area contributed by atoms with Crippen LogP contribution in [0.2, 0.25) is 0 Å². The molecule has 1 aromatic heterocycles. The van der Waals surface area contributed by atoms with Crippen LogP contribution in [0.1, 0.15) is 11.6 Å². The molecule has 0 amide bonds. The highest BCUT2D eigenvalue weighted by atomic mass is 16.3. The molecule has 1 unspecified atom stereocenters. The van der Waals surface area contributed by atoms with Crippen molar-refractivity contribution in [2.45, 2.75) is 18.6 Å². The van der Waals surface area contributed by atoms with Crippen LogP contribution in [0.15, 0.2) is 48.8 Å². The minimum Gasteiger partial charge on any atom is -0.395 e. The van der Waals surface area contributed by atoms with Gasteiger partial charge in [-0.05, 0) is 11.6 Å². The standard InChI is InChI=1S/C14H19N3O2/c18-10-13(11-19)16-14(9-17-8-4-7-15-17)12-5-2-1-3-6-12/h1-8,13-14,16,18-19H,9-11H2. The van der Waals surface area contributed by atoms with Crippen LogP contribution in [-0.4, -0.2) is 39.2 Å². The van der Waals surface area contributed by atoms with Gasteiger partial charge in [0, 0.05) is 12.4 Å². The van der Waals surface area contributed by atoms with Crippen LogP contribution in [0.25, 0.3) is 0 Å². The Balaban J connectivity index is 2.13. The molecule has 0 saturated heterocycles. The quantitative estimate of drug-likeness (QED) is 0.681. The first-order valence-corrected chi connectivity index (χ1v) is 6.33. The Kier molecular flexibility index (Phi) is 5.09. The highest BCUT2D eigenvalue weighted by Gasteiger charge is 2.16. The number of hydrogen-bond donors (Lipinski definition) is 3. The first-order valence-electron chi connectivity index (χ1n) is 6.33. The van der Waals surface area contributed by atoms with E-state index < -0.39 is 0 Å². The summed E-state index contributed by atoms with van der Waals surface area (Å²) in [5, 5.41) is 25.8. The number of nitrogens with one attached hydrogen (secondary N) is 1. The summed E-state index contributed by atoms with van der Waals surface area (Å²) in [5.74, 6) is 0. The normalized spacial score (nSPS) is 12.8. The molecular formula is C14H19N3O2. The van der Waals surface area contributed by atoms with Gasteiger partial charge in [-0.2, -0.15) is 5.10 Å². The van der Waals surface area contributed by atoms with E-state index in [0.29, 0.717) is 6.54 Å². The SMILES string of the molecule is OCC(CO)NC(Cn1cccn1)c1ccccc1. The van der Waals surface area contributed by atoms with Gasteiger partial charge in [-0.3, -0.25) is 4.68 Å². The van der Waals surface area contributed by atoms with E-state index >= 15 is 0 Å². The minimum atomic E-state index is -0.333. The van der Waals surface area contributed by atoms with Crippen molar-refractivity contribution in [3.63, 3.8) is 0 Å². The van der Waals surface area contributed by atoms with Crippen LogP contribution >= 0.6 is 0 Å². The fraction of sp³-hybridized carbons (Fsp3) is 0.357. The van der Waals surface area contributed by atoms with Crippen LogP contribution in [0.4, 0.5) is 0 Å². The fourth-order valence-corrected chi connectivity index (χ4v) is 1.98. The van der Waals surface area contributed by atoms with Crippen LogP contribution in [0, 0.1) is 0 Å². The van der Waals surface area contributed by atoms with Crippen LogP contribution in [0.3, 0.4) is 0 Å². The number of hydrogen-bond acceptors (Lipinski definition) is 4. The molecule has 0 aliphatic heterocycles. The molecule has 19 heavy (non-hydrogen) atoms. The Bertz CT molecular complexity index is 455. The van der Waals surface area contributed by atoms with Crippen molar-refractivity contribution < 1.29 is 10.2 Å². The zero-order chi connectivity index (χ0) is 13.5. The third kappa shape index (κ3) is 3.89. The maximum atomic E-state index is 9.20. The van der Waals surface area contributed by atoms with E-state index in [1.807, 2.05) is 47.3 Å². The summed E-state index contributed by atoms with van der Waals surface area (Å²) < 4.78 is 1.83. The van der Waals surface area contributed by atoms with E-state index in [-0.39, 0.29) is 25.3 Å². The van der Waals surface area contributed by atoms with Crippen molar-refractivity contribution in [2.75, 3.05) is 13.2 Å². The highest BCUT2D eigenvalue weighted by Crippen LogP contribution is 2.15. The van der Waals surface area contributed by atoms with Gasteiger partial charge in [0.25, 0.3) is 0 Å². The van der Waals surface area contributed by atoms with Crippen LogP contribution < -0.4 is 5.32 Å². The lowest BCUT2D eigenvalue weighted by Gasteiger charge is -2.24. The average molecular weight is 261 g/mol. The molecule has 0 aliphatic carbocycles. The monoisotopic (exact) mass is 261 g/mol. The molecule has 0 fully saturated rings. The van der Waals surface area contributed by atoms with Crippen molar-refractivity contribution in [2.24, 2.45) is 0 Å². The van der Waals surface area contributed by atoms with Gasteiger partial charge in [0.15, 0.2) is 0 Å². The lowest BCUT2D eigenvalue weighted by molar-refractivity contribution is 0.158. The summed E-state index contributed by atoms with van der Waals surface area (Å²) in [5.41, 5.74) is 1.10. The Labute approximate surface area is 112 Å². The summed E-state index contributed by atoms with van der Waals surface area (Å²) in [7, 11) is 0. The zero-order valence-electron chi connectivity index (χ0n) is 10.7. The maximum Gasteiger partial charge on any atom is 0.0607 e. The number of nitrogens with zero attached hydrogens (tertiary/aromatic N) is 2. The van der Waals surface area contributed by atoms with E-state index in [4.69, 9.17) is 0 Å². The fourth-order valence-electron chi connectivity index (χ4n) is 1.98. The summed E-state index contributed by atoms with van der Waals surface area (Å²) in [6, 6.07) is 11.5. The largest absolute Gasteiger partial charge is 0.395 e. The second kappa shape index (κ2) is 7.04. The van der Waals surface area contributed by atoms with Gasteiger partial charge >= 0.3 is 0 Å². The maximum absolute atomic E-state index is 9.20. The minimum absolute atomic E-state index is 0.00889.